The van der Waals surface area contributed by atoms with E-state index >= 15 is 0 Å². The van der Waals surface area contributed by atoms with Crippen molar-refractivity contribution in [1.82, 2.24) is 24.9 Å². The number of hydrogen-bond donors (Lipinski definition) is 1. The minimum absolute atomic E-state index is 0.0590. The number of carbonyl (C=O) groups is 1. The lowest BCUT2D eigenvalue weighted by atomic mass is 10.0. The zero-order chi connectivity index (χ0) is 23.4. The third-order valence-corrected chi connectivity index (χ3v) is 8.14. The Labute approximate surface area is 196 Å². The predicted molar refractivity (Wildman–Crippen MR) is 127 cm³/mol. The van der Waals surface area contributed by atoms with Gasteiger partial charge in [-0.05, 0) is 37.6 Å². The van der Waals surface area contributed by atoms with Crippen molar-refractivity contribution in [3.63, 3.8) is 0 Å². The number of nitrogens with one attached hydrogen (secondary N) is 1. The normalized spacial score (nSPS) is 19.7. The van der Waals surface area contributed by atoms with Crippen LogP contribution < -0.4 is 5.32 Å². The van der Waals surface area contributed by atoms with Crippen LogP contribution in [0.25, 0.3) is 28.0 Å². The molecule has 10 heteroatoms. The highest BCUT2D eigenvalue weighted by Crippen LogP contribution is 2.34. The first-order chi connectivity index (χ1) is 15.6. The van der Waals surface area contributed by atoms with E-state index in [-0.39, 0.29) is 17.4 Å². The van der Waals surface area contributed by atoms with E-state index in [1.54, 1.807) is 34.5 Å². The van der Waals surface area contributed by atoms with Crippen LogP contribution in [0.3, 0.4) is 0 Å². The van der Waals surface area contributed by atoms with Crippen LogP contribution in [-0.2, 0) is 16.9 Å². The topological polar surface area (TPSA) is 98.9 Å². The Morgan fingerprint density at radius 1 is 1.15 bits per heavy atom. The predicted octanol–water partition coefficient (Wildman–Crippen LogP) is 3.39. The summed E-state index contributed by atoms with van der Waals surface area (Å²) in [6.07, 6.45) is 2.21. The first-order valence-corrected chi connectivity index (χ1v) is 12.6. The van der Waals surface area contributed by atoms with Crippen LogP contribution >= 0.6 is 11.6 Å². The molecule has 3 heterocycles. The third-order valence-electron chi connectivity index (χ3n) is 5.91. The average Bonchev–Trinajstić information content (AvgIpc) is 3.43. The molecule has 33 heavy (non-hydrogen) atoms. The van der Waals surface area contributed by atoms with E-state index in [1.807, 2.05) is 43.6 Å². The lowest BCUT2D eigenvalue weighted by molar-refractivity contribution is 0.0915. The van der Waals surface area contributed by atoms with E-state index in [0.29, 0.717) is 34.0 Å². The van der Waals surface area contributed by atoms with Gasteiger partial charge in [0.05, 0.1) is 27.6 Å². The molecule has 2 aromatic heterocycles. The molecular weight excluding hydrogens is 462 g/mol. The molecule has 8 nitrogen and oxygen atoms in total. The number of rotatable bonds is 4. The number of amides is 1. The lowest BCUT2D eigenvalue weighted by Gasteiger charge is -2.23. The molecule has 1 aliphatic rings. The number of fused-ring (bicyclic) bond motifs is 1. The Balaban J connectivity index is 1.61. The maximum absolute atomic E-state index is 13.1. The summed E-state index contributed by atoms with van der Waals surface area (Å²) in [5.74, 6) is 0.296. The average molecular weight is 484 g/mol. The summed E-state index contributed by atoms with van der Waals surface area (Å²) in [4.78, 5) is 13.1. The van der Waals surface area contributed by atoms with Gasteiger partial charge in [0.1, 0.15) is 5.69 Å². The zero-order valence-electron chi connectivity index (χ0n) is 18.1. The standard InChI is InChI=1S/C23H22ClN5O3S/c1-23(10-12-33(31,32)14-23)25-22(30)15-7-8-17-19(13-15)29(20-9-11-28(2)26-20)27-21(17)16-5-3-4-6-18(16)24/h3-9,11,13H,10,12,14H2,1-2H3,(H,25,30). The van der Waals surface area contributed by atoms with Gasteiger partial charge in [0.2, 0.25) is 0 Å². The maximum Gasteiger partial charge on any atom is 0.251 e. The molecule has 1 N–H and O–H groups in total. The first kappa shape index (κ1) is 21.7. The van der Waals surface area contributed by atoms with Crippen molar-refractivity contribution in [2.24, 2.45) is 7.05 Å². The monoisotopic (exact) mass is 483 g/mol. The third kappa shape index (κ3) is 4.02. The number of nitrogens with zero attached hydrogens (tertiary/aromatic N) is 4. The van der Waals surface area contributed by atoms with Crippen molar-refractivity contribution in [2.75, 3.05) is 11.5 Å². The number of aryl methyl sites for hydroxylation is 1. The van der Waals surface area contributed by atoms with Gasteiger partial charge in [-0.15, -0.1) is 0 Å². The van der Waals surface area contributed by atoms with Crippen molar-refractivity contribution < 1.29 is 13.2 Å². The molecular formula is C23H22ClN5O3S. The summed E-state index contributed by atoms with van der Waals surface area (Å²) in [7, 11) is -1.32. The van der Waals surface area contributed by atoms with Gasteiger partial charge in [0, 0.05) is 35.8 Å². The molecule has 1 fully saturated rings. The second-order valence-electron chi connectivity index (χ2n) is 8.68. The van der Waals surface area contributed by atoms with Gasteiger partial charge >= 0.3 is 0 Å². The van der Waals surface area contributed by atoms with Crippen LogP contribution in [0.15, 0.2) is 54.7 Å². The zero-order valence-corrected chi connectivity index (χ0v) is 19.7. The number of sulfone groups is 1. The Hall–Kier alpha value is -3.17. The van der Waals surface area contributed by atoms with Crippen molar-refractivity contribution in [3.05, 3.63) is 65.3 Å². The largest absolute Gasteiger partial charge is 0.346 e. The van der Waals surface area contributed by atoms with Crippen LogP contribution in [0.5, 0.6) is 0 Å². The highest BCUT2D eigenvalue weighted by atomic mass is 35.5. The first-order valence-electron chi connectivity index (χ1n) is 10.4. The molecule has 2 aromatic carbocycles. The molecule has 4 aromatic rings. The van der Waals surface area contributed by atoms with Gasteiger partial charge in [0.15, 0.2) is 15.7 Å². The Morgan fingerprint density at radius 2 is 1.94 bits per heavy atom. The summed E-state index contributed by atoms with van der Waals surface area (Å²) in [5, 5.41) is 13.6. The molecule has 5 rings (SSSR count). The van der Waals surface area contributed by atoms with Crippen LogP contribution in [0.2, 0.25) is 5.02 Å². The molecule has 1 atom stereocenters. The maximum atomic E-state index is 13.1. The van der Waals surface area contributed by atoms with Gasteiger partial charge in [-0.1, -0.05) is 29.8 Å². The van der Waals surface area contributed by atoms with E-state index < -0.39 is 15.4 Å². The smallest absolute Gasteiger partial charge is 0.251 e. The number of carbonyl (C=O) groups excluding carboxylic acids is 1. The minimum Gasteiger partial charge on any atom is -0.346 e. The number of aromatic nitrogens is 4. The van der Waals surface area contributed by atoms with Crippen molar-refractivity contribution in [2.45, 2.75) is 18.9 Å². The van der Waals surface area contributed by atoms with Crippen LogP contribution in [-0.4, -0.2) is 50.9 Å². The van der Waals surface area contributed by atoms with E-state index in [2.05, 4.69) is 10.4 Å². The molecule has 0 bridgehead atoms. The molecule has 1 saturated heterocycles. The molecule has 0 spiro atoms. The van der Waals surface area contributed by atoms with Gasteiger partial charge in [-0.2, -0.15) is 10.2 Å². The summed E-state index contributed by atoms with van der Waals surface area (Å²) in [6, 6.07) is 14.6. The Morgan fingerprint density at radius 3 is 2.61 bits per heavy atom. The lowest BCUT2D eigenvalue weighted by Crippen LogP contribution is -2.46. The fourth-order valence-electron chi connectivity index (χ4n) is 4.25. The summed E-state index contributed by atoms with van der Waals surface area (Å²) < 4.78 is 27.2. The van der Waals surface area contributed by atoms with Gasteiger partial charge in [-0.25, -0.2) is 13.1 Å². The van der Waals surface area contributed by atoms with Gasteiger partial charge < -0.3 is 5.32 Å². The molecule has 0 aliphatic carbocycles. The molecule has 1 amide bonds. The minimum atomic E-state index is -3.14. The van der Waals surface area contributed by atoms with E-state index in [9.17, 15) is 13.2 Å². The summed E-state index contributed by atoms with van der Waals surface area (Å²) in [6.45, 7) is 1.77. The quantitative estimate of drug-likeness (QED) is 0.479. The molecule has 0 radical (unpaired) electrons. The molecule has 1 aliphatic heterocycles. The van der Waals surface area contributed by atoms with Gasteiger partial charge in [0.25, 0.3) is 5.91 Å². The van der Waals surface area contributed by atoms with E-state index in [1.165, 1.54) is 0 Å². The second-order valence-corrected chi connectivity index (χ2v) is 11.3. The number of halogens is 1. The van der Waals surface area contributed by atoms with Crippen molar-refractivity contribution >= 4 is 38.2 Å². The molecule has 1 unspecified atom stereocenters. The van der Waals surface area contributed by atoms with Crippen LogP contribution in [0.1, 0.15) is 23.7 Å². The highest BCUT2D eigenvalue weighted by molar-refractivity contribution is 7.91. The van der Waals surface area contributed by atoms with Crippen molar-refractivity contribution in [1.29, 1.82) is 0 Å². The van der Waals surface area contributed by atoms with Gasteiger partial charge in [-0.3, -0.25) is 9.48 Å². The Kier molecular flexibility index (Phi) is 5.06. The molecule has 0 saturated carbocycles. The number of hydrogen-bond acceptors (Lipinski definition) is 5. The highest BCUT2D eigenvalue weighted by Gasteiger charge is 2.39. The van der Waals surface area contributed by atoms with Crippen molar-refractivity contribution in [3.8, 4) is 17.1 Å². The van der Waals surface area contributed by atoms with Crippen LogP contribution in [0, 0.1) is 0 Å². The fraction of sp³-hybridized carbons (Fsp3) is 0.261. The Bertz CT molecular complexity index is 1510. The summed E-state index contributed by atoms with van der Waals surface area (Å²) in [5.41, 5.74) is 1.78. The second kappa shape index (κ2) is 7.71. The SMILES string of the molecule is Cn1ccc(-n2nc(-c3ccccc3Cl)c3ccc(C(=O)NC4(C)CCS(=O)(=O)C4)cc32)n1. The van der Waals surface area contributed by atoms with E-state index in [0.717, 1.165) is 10.9 Å². The summed E-state index contributed by atoms with van der Waals surface area (Å²) >= 11 is 6.45. The number of benzene rings is 2. The fourth-order valence-corrected chi connectivity index (χ4v) is 6.57. The van der Waals surface area contributed by atoms with Crippen LogP contribution in [0.4, 0.5) is 0 Å². The molecule has 170 valence electrons. The van der Waals surface area contributed by atoms with E-state index in [4.69, 9.17) is 16.7 Å².